The third-order valence-electron chi connectivity index (χ3n) is 4.79. The first-order chi connectivity index (χ1) is 13.8. The van der Waals surface area contributed by atoms with E-state index in [1.165, 1.54) is 6.20 Å². The number of aliphatic hydroxyl groups is 1. The van der Waals surface area contributed by atoms with Crippen molar-refractivity contribution in [1.82, 2.24) is 19.9 Å². The largest absolute Gasteiger partial charge is 0.365 e. The topological polar surface area (TPSA) is 133 Å². The van der Waals surface area contributed by atoms with Crippen LogP contribution in [0.1, 0.15) is 25.7 Å². The van der Waals surface area contributed by atoms with Gasteiger partial charge in [-0.05, 0) is 18.9 Å². The molecular formula is C17H18ClFN5O4P. The highest BCUT2D eigenvalue weighted by Crippen LogP contribution is 2.37. The summed E-state index contributed by atoms with van der Waals surface area (Å²) in [6.45, 7) is 0. The van der Waals surface area contributed by atoms with Crippen LogP contribution in [0.3, 0.4) is 0 Å². The summed E-state index contributed by atoms with van der Waals surface area (Å²) in [5, 5.41) is 14.5. The fraction of sp³-hybridized carbons (Fsp3) is 0.353. The van der Waals surface area contributed by atoms with Gasteiger partial charge in [0.2, 0.25) is 0 Å². The molecule has 12 heteroatoms. The summed E-state index contributed by atoms with van der Waals surface area (Å²) >= 11 is 6.02. The number of nitrogens with one attached hydrogen (secondary N) is 2. The van der Waals surface area contributed by atoms with E-state index in [1.54, 1.807) is 12.3 Å². The Bertz CT molecular complexity index is 1080. The van der Waals surface area contributed by atoms with E-state index >= 15 is 0 Å². The molecule has 3 heterocycles. The van der Waals surface area contributed by atoms with Gasteiger partial charge in [0.25, 0.3) is 0 Å². The van der Waals surface area contributed by atoms with Crippen LogP contribution in [0.15, 0.2) is 24.7 Å². The third kappa shape index (κ3) is 4.41. The van der Waals surface area contributed by atoms with E-state index in [0.29, 0.717) is 34.5 Å². The number of hydrogen-bond donors (Lipinski definition) is 4. The molecule has 0 spiro atoms. The SMILES string of the molecule is O=[PH](O)O[C@@]1(O)CCC[C@H](Nc2nc(-c3c[nH]c4ncc(Cl)cc34)ncc2F)C1. The molecule has 1 aliphatic rings. The Morgan fingerprint density at radius 3 is 3.03 bits per heavy atom. The second-order valence-electron chi connectivity index (χ2n) is 6.89. The first-order valence-corrected chi connectivity index (χ1v) is 10.5. The third-order valence-corrected chi connectivity index (χ3v) is 5.55. The summed E-state index contributed by atoms with van der Waals surface area (Å²) in [6.07, 6.45) is 5.63. The molecule has 0 aliphatic heterocycles. The molecule has 0 saturated heterocycles. The fourth-order valence-corrected chi connectivity index (χ4v) is 4.21. The van der Waals surface area contributed by atoms with Crippen LogP contribution in [0.25, 0.3) is 22.4 Å². The molecule has 29 heavy (non-hydrogen) atoms. The van der Waals surface area contributed by atoms with Crippen LogP contribution in [-0.4, -0.2) is 41.8 Å². The minimum absolute atomic E-state index is 0.0232. The predicted octanol–water partition coefficient (Wildman–Crippen LogP) is 3.25. The molecule has 3 atom stereocenters. The van der Waals surface area contributed by atoms with Crippen LogP contribution in [0.2, 0.25) is 5.02 Å². The van der Waals surface area contributed by atoms with E-state index in [1.807, 2.05) is 0 Å². The number of fused-ring (bicyclic) bond motifs is 1. The molecule has 0 radical (unpaired) electrons. The standard InChI is InChI=1S/C17H18ClFN5O4P/c18-9-4-11-12(7-21-14(11)20-6-9)15-22-8-13(19)16(24-15)23-10-2-1-3-17(25,5-10)28-29(26)27/h4,6-8,10,25,29H,1-3,5H2,(H,20,21)(H,26,27)(H,22,23,24)/t10-,17-/m0/s1. The highest BCUT2D eigenvalue weighted by molar-refractivity contribution is 7.32. The van der Waals surface area contributed by atoms with Gasteiger partial charge in [-0.25, -0.2) is 19.3 Å². The van der Waals surface area contributed by atoms with Crippen molar-refractivity contribution < 1.29 is 23.5 Å². The number of anilines is 1. The number of H-pyrrole nitrogens is 1. The lowest BCUT2D eigenvalue weighted by atomic mass is 9.90. The van der Waals surface area contributed by atoms with Gasteiger partial charge in [0, 0.05) is 42.2 Å². The molecule has 1 fully saturated rings. The maximum absolute atomic E-state index is 14.3. The van der Waals surface area contributed by atoms with E-state index in [0.717, 1.165) is 6.20 Å². The van der Waals surface area contributed by atoms with E-state index in [4.69, 9.17) is 21.0 Å². The molecular weight excluding hydrogens is 424 g/mol. The number of hydrogen-bond acceptors (Lipinski definition) is 7. The van der Waals surface area contributed by atoms with Crippen molar-refractivity contribution in [1.29, 1.82) is 0 Å². The molecule has 0 aromatic carbocycles. The fourth-order valence-electron chi connectivity index (χ4n) is 3.55. The second kappa shape index (κ2) is 7.97. The molecule has 1 unspecified atom stereocenters. The molecule has 9 nitrogen and oxygen atoms in total. The van der Waals surface area contributed by atoms with Crippen molar-refractivity contribution in [3.05, 3.63) is 35.5 Å². The van der Waals surface area contributed by atoms with E-state index in [2.05, 4.69) is 25.3 Å². The molecule has 3 aromatic heterocycles. The summed E-state index contributed by atoms with van der Waals surface area (Å²) in [6, 6.07) is 1.32. The molecule has 1 aliphatic carbocycles. The van der Waals surface area contributed by atoms with Gasteiger partial charge in [-0.3, -0.25) is 9.09 Å². The number of halogens is 2. The molecule has 4 N–H and O–H groups in total. The summed E-state index contributed by atoms with van der Waals surface area (Å²) in [7, 11) is -3.30. The summed E-state index contributed by atoms with van der Waals surface area (Å²) in [4.78, 5) is 24.5. The Balaban J connectivity index is 1.60. The zero-order valence-corrected chi connectivity index (χ0v) is 16.8. The van der Waals surface area contributed by atoms with Gasteiger partial charge in [0.1, 0.15) is 5.65 Å². The number of aromatic amines is 1. The Morgan fingerprint density at radius 2 is 2.24 bits per heavy atom. The van der Waals surface area contributed by atoms with Crippen molar-refractivity contribution in [3.8, 4) is 11.4 Å². The van der Waals surface area contributed by atoms with Gasteiger partial charge in [0.05, 0.1) is 11.2 Å². The van der Waals surface area contributed by atoms with Gasteiger partial charge in [-0.2, -0.15) is 0 Å². The lowest BCUT2D eigenvalue weighted by Crippen LogP contribution is -2.41. The number of pyridine rings is 1. The van der Waals surface area contributed by atoms with E-state index in [9.17, 15) is 14.1 Å². The Morgan fingerprint density at radius 1 is 1.41 bits per heavy atom. The first kappa shape index (κ1) is 20.2. The van der Waals surface area contributed by atoms with Crippen molar-refractivity contribution in [2.75, 3.05) is 5.32 Å². The van der Waals surface area contributed by atoms with E-state index in [-0.39, 0.29) is 24.5 Å². The molecule has 4 rings (SSSR count). The summed E-state index contributed by atoms with van der Waals surface area (Å²) in [5.41, 5.74) is 1.21. The van der Waals surface area contributed by atoms with E-state index < -0.39 is 25.9 Å². The maximum Gasteiger partial charge on any atom is 0.319 e. The van der Waals surface area contributed by atoms with Gasteiger partial charge < -0.3 is 20.3 Å². The molecule has 0 amide bonds. The zero-order valence-electron chi connectivity index (χ0n) is 15.0. The Kier molecular flexibility index (Phi) is 5.54. The lowest BCUT2D eigenvalue weighted by Gasteiger charge is -2.35. The average Bonchev–Trinajstić information content (AvgIpc) is 3.05. The monoisotopic (exact) mass is 441 g/mol. The maximum atomic E-state index is 14.3. The highest BCUT2D eigenvalue weighted by Gasteiger charge is 2.37. The van der Waals surface area contributed by atoms with Crippen LogP contribution in [-0.2, 0) is 9.09 Å². The predicted molar refractivity (Wildman–Crippen MR) is 105 cm³/mol. The van der Waals surface area contributed by atoms with Gasteiger partial charge >= 0.3 is 8.25 Å². The smallest absolute Gasteiger partial charge is 0.319 e. The number of aromatic nitrogens is 4. The van der Waals surface area contributed by atoms with Crippen molar-refractivity contribution in [3.63, 3.8) is 0 Å². The second-order valence-corrected chi connectivity index (χ2v) is 8.07. The van der Waals surface area contributed by atoms with Crippen LogP contribution in [0.5, 0.6) is 0 Å². The molecule has 0 bridgehead atoms. The zero-order chi connectivity index (χ0) is 20.6. The van der Waals surface area contributed by atoms with Gasteiger partial charge in [-0.15, -0.1) is 0 Å². The van der Waals surface area contributed by atoms with Crippen LogP contribution in [0, 0.1) is 5.82 Å². The molecule has 154 valence electrons. The van der Waals surface area contributed by atoms with Crippen molar-refractivity contribution in [2.24, 2.45) is 0 Å². The normalized spacial score (nSPS) is 23.2. The summed E-state index contributed by atoms with van der Waals surface area (Å²) in [5.74, 6) is -2.15. The highest BCUT2D eigenvalue weighted by atomic mass is 35.5. The van der Waals surface area contributed by atoms with Crippen molar-refractivity contribution in [2.45, 2.75) is 37.5 Å². The summed E-state index contributed by atoms with van der Waals surface area (Å²) < 4.78 is 30.1. The first-order valence-electron chi connectivity index (χ1n) is 8.89. The Labute approximate surface area is 170 Å². The van der Waals surface area contributed by atoms with Crippen LogP contribution >= 0.6 is 19.9 Å². The average molecular weight is 442 g/mol. The van der Waals surface area contributed by atoms with Crippen LogP contribution < -0.4 is 5.32 Å². The minimum Gasteiger partial charge on any atom is -0.365 e. The number of rotatable bonds is 5. The van der Waals surface area contributed by atoms with Crippen LogP contribution in [0.4, 0.5) is 10.2 Å². The quantitative estimate of drug-likeness (QED) is 0.350. The van der Waals surface area contributed by atoms with Gasteiger partial charge in [0.15, 0.2) is 23.2 Å². The molecule has 3 aromatic rings. The van der Waals surface area contributed by atoms with Gasteiger partial charge in [-0.1, -0.05) is 11.6 Å². The minimum atomic E-state index is -3.30. The molecule has 1 saturated carbocycles. The lowest BCUT2D eigenvalue weighted by molar-refractivity contribution is -0.161. The number of nitrogens with zero attached hydrogens (tertiary/aromatic N) is 3. The van der Waals surface area contributed by atoms with Crippen molar-refractivity contribution >= 4 is 36.7 Å². The Hall–Kier alpha value is -2.10.